The molecule has 4 heteroatoms. The molecule has 1 heterocycles. The number of nitrogens with zero attached hydrogens (tertiary/aromatic N) is 1. The fourth-order valence-corrected chi connectivity index (χ4v) is 4.55. The van der Waals surface area contributed by atoms with E-state index in [2.05, 4.69) is 30.5 Å². The van der Waals surface area contributed by atoms with Crippen molar-refractivity contribution in [1.29, 1.82) is 0 Å². The van der Waals surface area contributed by atoms with E-state index in [4.69, 9.17) is 10.5 Å². The number of nitrogens with two attached hydrogens (primary N) is 1. The minimum atomic E-state index is 0.243. The molecule has 2 N–H and O–H groups in total. The zero-order valence-electron chi connectivity index (χ0n) is 12.1. The van der Waals surface area contributed by atoms with E-state index >= 15 is 0 Å². The lowest BCUT2D eigenvalue weighted by molar-refractivity contribution is -0.00859. The van der Waals surface area contributed by atoms with Crippen LogP contribution in [0.5, 0.6) is 0 Å². The Morgan fingerprint density at radius 1 is 1.33 bits per heavy atom. The number of thioether (sulfide) groups is 1. The molecule has 2 fully saturated rings. The normalized spacial score (nSPS) is 37.7. The van der Waals surface area contributed by atoms with E-state index in [1.165, 1.54) is 31.7 Å². The molecular weight excluding hydrogens is 244 g/mol. The number of rotatable bonds is 3. The molecule has 0 bridgehead atoms. The monoisotopic (exact) mass is 272 g/mol. The van der Waals surface area contributed by atoms with Gasteiger partial charge in [0.05, 0.1) is 6.10 Å². The summed E-state index contributed by atoms with van der Waals surface area (Å²) in [5.74, 6) is 1.24. The van der Waals surface area contributed by atoms with Crippen molar-refractivity contribution in [2.75, 3.05) is 32.5 Å². The van der Waals surface area contributed by atoms with E-state index in [1.54, 1.807) is 0 Å². The third-order valence-electron chi connectivity index (χ3n) is 4.67. The highest BCUT2D eigenvalue weighted by molar-refractivity contribution is 8.00. The second kappa shape index (κ2) is 5.70. The van der Waals surface area contributed by atoms with Gasteiger partial charge in [-0.05, 0) is 39.5 Å². The molecule has 2 aliphatic rings. The first-order chi connectivity index (χ1) is 8.51. The van der Waals surface area contributed by atoms with E-state index in [1.807, 2.05) is 7.11 Å². The Morgan fingerprint density at radius 2 is 2.00 bits per heavy atom. The first-order valence-electron chi connectivity index (χ1n) is 7.13. The van der Waals surface area contributed by atoms with E-state index in [0.29, 0.717) is 10.9 Å². The molecule has 0 aromatic rings. The zero-order chi connectivity index (χ0) is 13.2. The van der Waals surface area contributed by atoms with Gasteiger partial charge in [-0.25, -0.2) is 0 Å². The highest BCUT2D eigenvalue weighted by Crippen LogP contribution is 2.39. The smallest absolute Gasteiger partial charge is 0.0572 e. The summed E-state index contributed by atoms with van der Waals surface area (Å²) in [5, 5.41) is 0. The van der Waals surface area contributed by atoms with Crippen molar-refractivity contribution < 1.29 is 4.74 Å². The van der Waals surface area contributed by atoms with Gasteiger partial charge in [0.1, 0.15) is 0 Å². The van der Waals surface area contributed by atoms with Crippen molar-refractivity contribution in [3.05, 3.63) is 0 Å². The van der Waals surface area contributed by atoms with Gasteiger partial charge in [-0.1, -0.05) is 0 Å². The van der Waals surface area contributed by atoms with Gasteiger partial charge in [-0.2, -0.15) is 11.8 Å². The summed E-state index contributed by atoms with van der Waals surface area (Å²) in [6, 6.07) is 0. The average Bonchev–Trinajstić information content (AvgIpc) is 2.37. The molecule has 0 atom stereocenters. The van der Waals surface area contributed by atoms with Crippen molar-refractivity contribution >= 4 is 11.8 Å². The predicted octanol–water partition coefficient (Wildman–Crippen LogP) is 2.10. The summed E-state index contributed by atoms with van der Waals surface area (Å²) >= 11 is 2.10. The van der Waals surface area contributed by atoms with Crippen LogP contribution in [0.15, 0.2) is 0 Å². The lowest BCUT2D eigenvalue weighted by atomic mass is 9.78. The summed E-state index contributed by atoms with van der Waals surface area (Å²) < 4.78 is 5.87. The van der Waals surface area contributed by atoms with Crippen LogP contribution in [0.4, 0.5) is 0 Å². The van der Waals surface area contributed by atoms with Crippen LogP contribution in [0.3, 0.4) is 0 Å². The molecule has 3 nitrogen and oxygen atoms in total. The number of hydrogen-bond acceptors (Lipinski definition) is 4. The first-order valence-corrected chi connectivity index (χ1v) is 8.12. The fraction of sp³-hybridized carbons (Fsp3) is 1.00. The topological polar surface area (TPSA) is 38.5 Å². The average molecular weight is 272 g/mol. The van der Waals surface area contributed by atoms with Gasteiger partial charge in [0.25, 0.3) is 0 Å². The third kappa shape index (κ3) is 3.03. The summed E-state index contributed by atoms with van der Waals surface area (Å²) in [6.45, 7) is 7.88. The van der Waals surface area contributed by atoms with Crippen molar-refractivity contribution in [3.8, 4) is 0 Å². The lowest BCUT2D eigenvalue weighted by Gasteiger charge is -2.52. The summed E-state index contributed by atoms with van der Waals surface area (Å²) in [7, 11) is 1.83. The molecule has 0 aromatic heterocycles. The van der Waals surface area contributed by atoms with Crippen LogP contribution in [0, 0.1) is 0 Å². The van der Waals surface area contributed by atoms with Crippen LogP contribution in [0.1, 0.15) is 39.5 Å². The zero-order valence-corrected chi connectivity index (χ0v) is 12.9. The largest absolute Gasteiger partial charge is 0.381 e. The van der Waals surface area contributed by atoms with Gasteiger partial charge in [0, 0.05) is 42.8 Å². The Balaban J connectivity index is 2.04. The van der Waals surface area contributed by atoms with E-state index < -0.39 is 0 Å². The van der Waals surface area contributed by atoms with Gasteiger partial charge in [-0.15, -0.1) is 0 Å². The number of methoxy groups -OCH3 is 1. The molecule has 1 saturated carbocycles. The van der Waals surface area contributed by atoms with Crippen molar-refractivity contribution in [2.24, 2.45) is 5.73 Å². The fourth-order valence-electron chi connectivity index (χ4n) is 3.44. The van der Waals surface area contributed by atoms with Crippen molar-refractivity contribution in [1.82, 2.24) is 4.90 Å². The second-order valence-corrected chi connectivity index (χ2v) is 8.20. The van der Waals surface area contributed by atoms with Gasteiger partial charge < -0.3 is 10.5 Å². The molecule has 1 saturated heterocycles. The molecule has 106 valence electrons. The maximum Gasteiger partial charge on any atom is 0.0572 e. The molecule has 0 amide bonds. The summed E-state index contributed by atoms with van der Waals surface area (Å²) in [4.78, 5) is 2.68. The van der Waals surface area contributed by atoms with Crippen molar-refractivity contribution in [3.63, 3.8) is 0 Å². The molecule has 0 unspecified atom stereocenters. The quantitative estimate of drug-likeness (QED) is 0.854. The molecule has 1 aliphatic carbocycles. The maximum absolute atomic E-state index is 6.16. The Labute approximate surface area is 116 Å². The number of ether oxygens (including phenoxy) is 1. The second-order valence-electron chi connectivity index (χ2n) is 6.39. The molecule has 0 spiro atoms. The van der Waals surface area contributed by atoms with E-state index in [0.717, 1.165) is 19.4 Å². The molecule has 18 heavy (non-hydrogen) atoms. The Kier molecular flexibility index (Phi) is 4.63. The van der Waals surface area contributed by atoms with Gasteiger partial charge in [0.2, 0.25) is 0 Å². The first kappa shape index (κ1) is 14.6. The van der Waals surface area contributed by atoms with Crippen LogP contribution in [0.2, 0.25) is 0 Å². The van der Waals surface area contributed by atoms with Gasteiger partial charge >= 0.3 is 0 Å². The molecule has 1 aliphatic heterocycles. The number of hydrogen-bond donors (Lipinski definition) is 1. The van der Waals surface area contributed by atoms with Crippen LogP contribution < -0.4 is 5.73 Å². The highest BCUT2D eigenvalue weighted by atomic mass is 32.2. The van der Waals surface area contributed by atoms with E-state index in [-0.39, 0.29) is 5.54 Å². The summed E-state index contributed by atoms with van der Waals surface area (Å²) in [5.41, 5.74) is 6.40. The predicted molar refractivity (Wildman–Crippen MR) is 79.2 cm³/mol. The molecule has 2 rings (SSSR count). The highest BCUT2D eigenvalue weighted by Gasteiger charge is 2.42. The molecular formula is C14H28N2OS. The molecule has 0 aromatic carbocycles. The standard InChI is InChI=1S/C14H28N2OS/c1-13(2)11-16(8-9-18-13)14(10-15)6-4-12(17-3)5-7-14/h12H,4-11,15H2,1-3H3. The molecule has 0 radical (unpaired) electrons. The Morgan fingerprint density at radius 3 is 2.50 bits per heavy atom. The minimum absolute atomic E-state index is 0.243. The van der Waals surface area contributed by atoms with Crippen molar-refractivity contribution in [2.45, 2.75) is 55.9 Å². The van der Waals surface area contributed by atoms with E-state index in [9.17, 15) is 0 Å². The van der Waals surface area contributed by atoms with Gasteiger partial charge in [0.15, 0.2) is 0 Å². The minimum Gasteiger partial charge on any atom is -0.381 e. The van der Waals surface area contributed by atoms with Crippen LogP contribution in [-0.2, 0) is 4.74 Å². The van der Waals surface area contributed by atoms with Crippen LogP contribution in [-0.4, -0.2) is 53.8 Å². The lowest BCUT2D eigenvalue weighted by Crippen LogP contribution is -2.61. The Bertz CT molecular complexity index is 275. The Hall–Kier alpha value is 0.230. The van der Waals surface area contributed by atoms with Gasteiger partial charge in [-0.3, -0.25) is 4.90 Å². The SMILES string of the molecule is COC1CCC(CN)(N2CCSC(C)(C)C2)CC1. The third-order valence-corrected chi connectivity index (χ3v) is 5.97. The maximum atomic E-state index is 6.16. The van der Waals surface area contributed by atoms with Crippen LogP contribution in [0.25, 0.3) is 0 Å². The van der Waals surface area contributed by atoms with Crippen LogP contribution >= 0.6 is 11.8 Å². The summed E-state index contributed by atoms with van der Waals surface area (Å²) in [6.07, 6.45) is 5.18.